The van der Waals surface area contributed by atoms with Crippen LogP contribution in [0.15, 0.2) is 94.7 Å². The smallest absolute Gasteiger partial charge is 0.259 e. The lowest BCUT2D eigenvalue weighted by Crippen LogP contribution is -2.11. The number of allylic oxidation sites excluding steroid dienone is 1. The SMILES string of the molecule is CCS(=O)(=O)c1ccc(-c2nn(-c3ccccc3)cc2C=C(C#N)c2nc3ccccc3c(=O)[nH]2)cc1. The van der Waals surface area contributed by atoms with Gasteiger partial charge in [0.1, 0.15) is 6.07 Å². The minimum Gasteiger partial charge on any atom is -0.305 e. The van der Waals surface area contributed by atoms with Crippen molar-refractivity contribution < 1.29 is 8.42 Å². The van der Waals surface area contributed by atoms with Gasteiger partial charge in [0.15, 0.2) is 15.7 Å². The fourth-order valence-corrected chi connectivity index (χ4v) is 4.82. The molecular formula is C28H21N5O3S. The van der Waals surface area contributed by atoms with Gasteiger partial charge in [-0.3, -0.25) is 4.79 Å². The van der Waals surface area contributed by atoms with Gasteiger partial charge in [-0.1, -0.05) is 49.4 Å². The summed E-state index contributed by atoms with van der Waals surface area (Å²) in [6, 6.07) is 25.0. The van der Waals surface area contributed by atoms with Gasteiger partial charge in [0, 0.05) is 17.3 Å². The molecule has 0 unspecified atom stereocenters. The summed E-state index contributed by atoms with van der Waals surface area (Å²) in [6.45, 7) is 1.60. The molecule has 0 amide bonds. The molecule has 0 radical (unpaired) electrons. The van der Waals surface area contributed by atoms with E-state index in [0.717, 1.165) is 5.69 Å². The Labute approximate surface area is 213 Å². The number of nitrogens with zero attached hydrogens (tertiary/aromatic N) is 4. The van der Waals surface area contributed by atoms with Gasteiger partial charge in [-0.25, -0.2) is 18.1 Å². The Kier molecular flexibility index (Phi) is 6.26. The number of H-pyrrole nitrogens is 1. The molecule has 9 heteroatoms. The Morgan fingerprint density at radius 3 is 2.43 bits per heavy atom. The van der Waals surface area contributed by atoms with Crippen molar-refractivity contribution in [3.05, 3.63) is 107 Å². The van der Waals surface area contributed by atoms with E-state index in [9.17, 15) is 18.5 Å². The molecule has 37 heavy (non-hydrogen) atoms. The maximum Gasteiger partial charge on any atom is 0.259 e. The summed E-state index contributed by atoms with van der Waals surface area (Å²) < 4.78 is 26.2. The molecule has 0 aliphatic rings. The van der Waals surface area contributed by atoms with Crippen LogP contribution in [0.2, 0.25) is 0 Å². The molecule has 0 atom stereocenters. The van der Waals surface area contributed by atoms with E-state index in [0.29, 0.717) is 27.7 Å². The van der Waals surface area contributed by atoms with Crippen LogP contribution >= 0.6 is 0 Å². The summed E-state index contributed by atoms with van der Waals surface area (Å²) in [5.41, 5.74) is 2.92. The molecule has 3 aromatic carbocycles. The third-order valence-electron chi connectivity index (χ3n) is 5.92. The van der Waals surface area contributed by atoms with Gasteiger partial charge in [-0.15, -0.1) is 0 Å². The summed E-state index contributed by atoms with van der Waals surface area (Å²) in [7, 11) is -3.35. The number of aromatic nitrogens is 4. The number of hydrogen-bond donors (Lipinski definition) is 1. The number of nitrogens with one attached hydrogen (secondary N) is 1. The predicted octanol–water partition coefficient (Wildman–Crippen LogP) is 4.63. The molecule has 0 bridgehead atoms. The van der Waals surface area contributed by atoms with E-state index in [1.165, 1.54) is 0 Å². The number of rotatable bonds is 6. The highest BCUT2D eigenvalue weighted by atomic mass is 32.2. The number of hydrogen-bond acceptors (Lipinski definition) is 6. The number of sulfone groups is 1. The predicted molar refractivity (Wildman–Crippen MR) is 143 cm³/mol. The Morgan fingerprint density at radius 2 is 1.73 bits per heavy atom. The van der Waals surface area contributed by atoms with Crippen LogP contribution < -0.4 is 5.56 Å². The molecule has 0 saturated heterocycles. The first-order valence-electron chi connectivity index (χ1n) is 11.5. The quantitative estimate of drug-likeness (QED) is 0.334. The number of fused-ring (bicyclic) bond motifs is 1. The first-order valence-corrected chi connectivity index (χ1v) is 13.1. The molecule has 0 saturated carbocycles. The maximum atomic E-state index is 12.6. The van der Waals surface area contributed by atoms with E-state index < -0.39 is 9.84 Å². The van der Waals surface area contributed by atoms with Crippen LogP contribution in [0.4, 0.5) is 0 Å². The monoisotopic (exact) mass is 507 g/mol. The van der Waals surface area contributed by atoms with Gasteiger partial charge in [0.25, 0.3) is 5.56 Å². The Balaban J connectivity index is 1.67. The molecule has 2 aromatic heterocycles. The lowest BCUT2D eigenvalue weighted by atomic mass is 10.1. The maximum absolute atomic E-state index is 12.6. The van der Waals surface area contributed by atoms with E-state index in [2.05, 4.69) is 16.0 Å². The third kappa shape index (κ3) is 4.70. The van der Waals surface area contributed by atoms with Crippen LogP contribution in [0.25, 0.3) is 39.5 Å². The first-order chi connectivity index (χ1) is 17.9. The van der Waals surface area contributed by atoms with Crippen LogP contribution in [0.5, 0.6) is 0 Å². The van der Waals surface area contributed by atoms with Crippen molar-refractivity contribution in [3.8, 4) is 23.0 Å². The number of aromatic amines is 1. The molecule has 1 N–H and O–H groups in total. The Morgan fingerprint density at radius 1 is 1.03 bits per heavy atom. The van der Waals surface area contributed by atoms with E-state index in [4.69, 9.17) is 5.10 Å². The van der Waals surface area contributed by atoms with Gasteiger partial charge in [0.05, 0.1) is 38.5 Å². The zero-order valence-corrected chi connectivity index (χ0v) is 20.6. The van der Waals surface area contributed by atoms with Crippen LogP contribution in [0.1, 0.15) is 18.3 Å². The Hall–Kier alpha value is -4.81. The standard InChI is InChI=1S/C28H21N5O3S/c1-2-37(35,36)23-14-12-19(13-15-23)26-21(18-33(32-26)22-8-4-3-5-9-22)16-20(17-29)27-30-25-11-7-6-10-24(25)28(34)31-27/h3-16,18H,2H2,1H3,(H,30,31,34). The molecule has 0 spiro atoms. The topological polar surface area (TPSA) is 122 Å². The van der Waals surface area contributed by atoms with Crippen molar-refractivity contribution in [3.63, 3.8) is 0 Å². The summed E-state index contributed by atoms with van der Waals surface area (Å²) in [5.74, 6) is 0.153. The fraction of sp³-hybridized carbons (Fsp3) is 0.0714. The van der Waals surface area contributed by atoms with E-state index in [1.807, 2.05) is 30.3 Å². The highest BCUT2D eigenvalue weighted by Gasteiger charge is 2.16. The van der Waals surface area contributed by atoms with Gasteiger partial charge >= 0.3 is 0 Å². The van der Waals surface area contributed by atoms with Gasteiger partial charge in [0.2, 0.25) is 0 Å². The van der Waals surface area contributed by atoms with Crippen LogP contribution in [0.3, 0.4) is 0 Å². The molecule has 0 fully saturated rings. The molecule has 8 nitrogen and oxygen atoms in total. The number of para-hydroxylation sites is 2. The van der Waals surface area contributed by atoms with Gasteiger partial charge in [-0.2, -0.15) is 10.4 Å². The molecule has 2 heterocycles. The summed E-state index contributed by atoms with van der Waals surface area (Å²) in [4.78, 5) is 20.0. The summed E-state index contributed by atoms with van der Waals surface area (Å²) in [5, 5.41) is 15.1. The second-order valence-electron chi connectivity index (χ2n) is 8.24. The van der Waals surface area contributed by atoms with Crippen molar-refractivity contribution in [2.24, 2.45) is 0 Å². The van der Waals surface area contributed by atoms with Gasteiger partial charge in [-0.05, 0) is 42.5 Å². The van der Waals surface area contributed by atoms with E-state index in [1.54, 1.807) is 72.4 Å². The average Bonchev–Trinajstić information content (AvgIpc) is 3.36. The van der Waals surface area contributed by atoms with Crippen molar-refractivity contribution in [2.75, 3.05) is 5.75 Å². The van der Waals surface area contributed by atoms with Gasteiger partial charge < -0.3 is 4.98 Å². The zero-order valence-electron chi connectivity index (χ0n) is 19.8. The number of benzene rings is 3. The van der Waals surface area contributed by atoms with Crippen LogP contribution in [0, 0.1) is 11.3 Å². The highest BCUT2D eigenvalue weighted by Crippen LogP contribution is 2.28. The summed E-state index contributed by atoms with van der Waals surface area (Å²) in [6.07, 6.45) is 3.39. The minimum atomic E-state index is -3.35. The molecular weight excluding hydrogens is 486 g/mol. The lowest BCUT2D eigenvalue weighted by molar-refractivity contribution is 0.597. The Bertz CT molecular complexity index is 1850. The van der Waals surface area contributed by atoms with Crippen LogP contribution in [-0.2, 0) is 9.84 Å². The van der Waals surface area contributed by atoms with E-state index >= 15 is 0 Å². The minimum absolute atomic E-state index is 0.00542. The van der Waals surface area contributed by atoms with Crippen molar-refractivity contribution in [1.82, 2.24) is 19.7 Å². The molecule has 5 aromatic rings. The molecule has 0 aliphatic carbocycles. The first kappa shape index (κ1) is 23.9. The third-order valence-corrected chi connectivity index (χ3v) is 7.67. The largest absolute Gasteiger partial charge is 0.305 e. The highest BCUT2D eigenvalue weighted by molar-refractivity contribution is 7.91. The second-order valence-corrected chi connectivity index (χ2v) is 10.5. The van der Waals surface area contributed by atoms with Crippen molar-refractivity contribution in [1.29, 1.82) is 5.26 Å². The molecule has 0 aliphatic heterocycles. The average molecular weight is 508 g/mol. The zero-order chi connectivity index (χ0) is 26.0. The molecule has 182 valence electrons. The van der Waals surface area contributed by atoms with Crippen molar-refractivity contribution >= 4 is 32.4 Å². The van der Waals surface area contributed by atoms with Crippen LogP contribution in [-0.4, -0.2) is 33.9 Å². The normalized spacial score (nSPS) is 11.9. The lowest BCUT2D eigenvalue weighted by Gasteiger charge is -2.04. The fourth-order valence-electron chi connectivity index (χ4n) is 3.94. The molecule has 5 rings (SSSR count). The number of nitriles is 1. The van der Waals surface area contributed by atoms with E-state index in [-0.39, 0.29) is 27.6 Å². The van der Waals surface area contributed by atoms with Crippen molar-refractivity contribution in [2.45, 2.75) is 11.8 Å². The second kappa shape index (κ2) is 9.68. The summed E-state index contributed by atoms with van der Waals surface area (Å²) >= 11 is 0.